The smallest absolute Gasteiger partial charge is 0.305 e. The van der Waals surface area contributed by atoms with E-state index in [0.717, 1.165) is 72.1 Å². The van der Waals surface area contributed by atoms with Crippen molar-refractivity contribution in [1.29, 1.82) is 0 Å². The second-order valence-electron chi connectivity index (χ2n) is 11.0. The summed E-state index contributed by atoms with van der Waals surface area (Å²) in [6, 6.07) is 12.2. The van der Waals surface area contributed by atoms with E-state index in [2.05, 4.69) is 23.2 Å². The van der Waals surface area contributed by atoms with Gasteiger partial charge in [-0.3, -0.25) is 0 Å². The van der Waals surface area contributed by atoms with Gasteiger partial charge in [-0.25, -0.2) is 17.6 Å². The van der Waals surface area contributed by atoms with Crippen molar-refractivity contribution in [3.05, 3.63) is 144 Å². The molecule has 1 aliphatic carbocycles. The Morgan fingerprint density at radius 3 is 2.26 bits per heavy atom. The molecule has 0 radical (unpaired) electrons. The highest BCUT2D eigenvalue weighted by molar-refractivity contribution is 8.00. The molecular formula is C38H30F6O2S. The molecule has 0 N–H and O–H groups in total. The van der Waals surface area contributed by atoms with Crippen LogP contribution in [-0.2, 0) is 4.74 Å². The molecule has 1 fully saturated rings. The molecule has 0 spiro atoms. The monoisotopic (exact) mass is 664 g/mol. The van der Waals surface area contributed by atoms with Gasteiger partial charge >= 0.3 is 6.08 Å². The Morgan fingerprint density at radius 2 is 1.60 bits per heavy atom. The van der Waals surface area contributed by atoms with E-state index in [-0.39, 0.29) is 34.9 Å². The van der Waals surface area contributed by atoms with Crippen molar-refractivity contribution in [3.63, 3.8) is 0 Å². The maximum absolute atomic E-state index is 15.0. The average Bonchev–Trinajstić information content (AvgIpc) is 3.25. The van der Waals surface area contributed by atoms with Crippen molar-refractivity contribution in [2.45, 2.75) is 30.9 Å². The summed E-state index contributed by atoms with van der Waals surface area (Å²) in [4.78, 5) is 0. The lowest BCUT2D eigenvalue weighted by molar-refractivity contribution is 0.223. The third kappa shape index (κ3) is 9.05. The van der Waals surface area contributed by atoms with E-state index in [1.54, 1.807) is 18.2 Å². The molecule has 1 saturated heterocycles. The van der Waals surface area contributed by atoms with E-state index in [4.69, 9.17) is 4.74 Å². The Kier molecular flexibility index (Phi) is 11.4. The standard InChI is InChI=1S/C38H30F6O2S/c1-2-45-16-15-25-7-14-36(47-23-25)29-11-10-28(19-31(39)20-29)27-8-5-24(6-9-27)3-4-26-17-33(41)38(34(42)18-26)30-12-13-35(32(40)21-30)46-22-37(43)44/h2,5-6,8-13,17-18,20-22,25,36H,1,7,14-16,19,23H2. The molecular weight excluding hydrogens is 634 g/mol. The van der Waals surface area contributed by atoms with E-state index in [0.29, 0.717) is 18.1 Å². The summed E-state index contributed by atoms with van der Waals surface area (Å²) in [5.41, 5.74) is 2.67. The van der Waals surface area contributed by atoms with Crippen LogP contribution in [0.3, 0.4) is 0 Å². The topological polar surface area (TPSA) is 18.5 Å². The van der Waals surface area contributed by atoms with Crippen molar-refractivity contribution in [2.75, 3.05) is 12.4 Å². The van der Waals surface area contributed by atoms with Gasteiger partial charge in [-0.2, -0.15) is 20.5 Å². The minimum atomic E-state index is -2.16. The molecule has 47 heavy (non-hydrogen) atoms. The third-order valence-electron chi connectivity index (χ3n) is 7.81. The maximum Gasteiger partial charge on any atom is 0.305 e. The fourth-order valence-electron chi connectivity index (χ4n) is 5.42. The summed E-state index contributed by atoms with van der Waals surface area (Å²) >= 11 is 1.86. The Morgan fingerprint density at radius 1 is 0.872 bits per heavy atom. The lowest BCUT2D eigenvalue weighted by Gasteiger charge is -2.28. The summed E-state index contributed by atoms with van der Waals surface area (Å²) in [6.07, 6.45) is 8.20. The van der Waals surface area contributed by atoms with Crippen molar-refractivity contribution in [2.24, 2.45) is 5.92 Å². The first kappa shape index (κ1) is 33.8. The Hall–Kier alpha value is -4.55. The van der Waals surface area contributed by atoms with Gasteiger partial charge in [0.2, 0.25) is 0 Å². The maximum atomic E-state index is 15.0. The molecule has 1 aliphatic heterocycles. The number of thioether (sulfide) groups is 1. The number of hydrogen-bond acceptors (Lipinski definition) is 3. The van der Waals surface area contributed by atoms with E-state index in [1.165, 1.54) is 6.26 Å². The first-order chi connectivity index (χ1) is 22.7. The van der Waals surface area contributed by atoms with Crippen molar-refractivity contribution < 1.29 is 35.8 Å². The van der Waals surface area contributed by atoms with Gasteiger partial charge in [0.05, 0.1) is 18.4 Å². The lowest BCUT2D eigenvalue weighted by atomic mass is 9.97. The molecule has 2 aliphatic rings. The van der Waals surface area contributed by atoms with Crippen molar-refractivity contribution >= 4 is 17.3 Å². The largest absolute Gasteiger partial charge is 0.502 e. The van der Waals surface area contributed by atoms with Gasteiger partial charge in [-0.05, 0) is 95.7 Å². The van der Waals surface area contributed by atoms with Gasteiger partial charge in [0.1, 0.15) is 17.5 Å². The lowest BCUT2D eigenvalue weighted by Crippen LogP contribution is -2.20. The molecule has 3 aromatic carbocycles. The quantitative estimate of drug-likeness (QED) is 0.0982. The SMILES string of the molecule is C=COCCC1CCC(C2=CC=C(c3ccc(C#Cc4cc(F)c(-c5ccc(OC=C(F)F)c(F)c5)c(F)c4)cc3)CC(F)=C2)SC1. The van der Waals surface area contributed by atoms with Crippen LogP contribution in [0.5, 0.6) is 5.75 Å². The third-order valence-corrected chi connectivity index (χ3v) is 9.38. The van der Waals surface area contributed by atoms with Crippen LogP contribution >= 0.6 is 11.8 Å². The van der Waals surface area contributed by atoms with Crippen LogP contribution < -0.4 is 4.74 Å². The zero-order chi connectivity index (χ0) is 33.3. The minimum absolute atomic E-state index is 0.0603. The summed E-state index contributed by atoms with van der Waals surface area (Å²) in [7, 11) is 0. The molecule has 0 saturated carbocycles. The molecule has 5 rings (SSSR count). The fraction of sp³-hybridized carbons (Fsp3) is 0.211. The van der Waals surface area contributed by atoms with Crippen LogP contribution in [0.15, 0.2) is 109 Å². The molecule has 9 heteroatoms. The van der Waals surface area contributed by atoms with Crippen LogP contribution in [-0.4, -0.2) is 17.6 Å². The Labute approximate surface area is 274 Å². The number of halogens is 6. The Balaban J connectivity index is 1.25. The van der Waals surface area contributed by atoms with Crippen LogP contribution in [0.4, 0.5) is 26.3 Å². The fourth-order valence-corrected chi connectivity index (χ4v) is 6.90. The molecule has 0 aromatic heterocycles. The highest BCUT2D eigenvalue weighted by Gasteiger charge is 2.24. The van der Waals surface area contributed by atoms with Crippen LogP contribution in [0.25, 0.3) is 16.7 Å². The van der Waals surface area contributed by atoms with Gasteiger partial charge in [0.15, 0.2) is 17.8 Å². The number of hydrogen-bond donors (Lipinski definition) is 0. The normalized spacial score (nSPS) is 17.6. The molecule has 2 unspecified atom stereocenters. The molecule has 242 valence electrons. The average molecular weight is 665 g/mol. The summed E-state index contributed by atoms with van der Waals surface area (Å²) in [6.45, 7) is 4.24. The minimum Gasteiger partial charge on any atom is -0.502 e. The van der Waals surface area contributed by atoms with E-state index in [1.807, 2.05) is 36.0 Å². The van der Waals surface area contributed by atoms with Crippen LogP contribution in [0.1, 0.15) is 42.4 Å². The first-order valence-corrected chi connectivity index (χ1v) is 15.9. The molecule has 2 nitrogen and oxygen atoms in total. The molecule has 3 aromatic rings. The second-order valence-corrected chi connectivity index (χ2v) is 12.3. The second kappa shape index (κ2) is 15.8. The summed E-state index contributed by atoms with van der Waals surface area (Å²) < 4.78 is 93.3. The first-order valence-electron chi connectivity index (χ1n) is 14.9. The predicted octanol–water partition coefficient (Wildman–Crippen LogP) is 10.9. The highest BCUT2D eigenvalue weighted by Crippen LogP contribution is 2.38. The number of benzene rings is 3. The van der Waals surface area contributed by atoms with Gasteiger partial charge in [0, 0.05) is 22.8 Å². The zero-order valence-electron chi connectivity index (χ0n) is 25.2. The number of rotatable bonds is 9. The summed E-state index contributed by atoms with van der Waals surface area (Å²) in [5, 5.41) is 0.244. The van der Waals surface area contributed by atoms with Crippen molar-refractivity contribution in [1.82, 2.24) is 0 Å². The van der Waals surface area contributed by atoms with Gasteiger partial charge < -0.3 is 9.47 Å². The van der Waals surface area contributed by atoms with E-state index < -0.39 is 34.8 Å². The van der Waals surface area contributed by atoms with Gasteiger partial charge in [-0.15, -0.1) is 0 Å². The summed E-state index contributed by atoms with van der Waals surface area (Å²) in [5.74, 6) is 3.48. The number of ether oxygens (including phenoxy) is 2. The van der Waals surface area contributed by atoms with Crippen LogP contribution in [0, 0.1) is 35.2 Å². The number of allylic oxidation sites excluding steroid dienone is 5. The van der Waals surface area contributed by atoms with E-state index >= 15 is 0 Å². The molecule has 1 heterocycles. The predicted molar refractivity (Wildman–Crippen MR) is 175 cm³/mol. The van der Waals surface area contributed by atoms with Gasteiger partial charge in [-0.1, -0.05) is 48.8 Å². The molecule has 0 amide bonds. The van der Waals surface area contributed by atoms with Crippen molar-refractivity contribution in [3.8, 4) is 28.7 Å². The van der Waals surface area contributed by atoms with Crippen LogP contribution in [0.2, 0.25) is 0 Å². The zero-order valence-corrected chi connectivity index (χ0v) is 26.0. The highest BCUT2D eigenvalue weighted by atomic mass is 32.2. The van der Waals surface area contributed by atoms with E-state index in [9.17, 15) is 26.3 Å². The Bertz CT molecular complexity index is 1780. The molecule has 0 bridgehead atoms. The van der Waals surface area contributed by atoms with Gasteiger partial charge in [0.25, 0.3) is 0 Å². The molecule has 2 atom stereocenters.